The van der Waals surface area contributed by atoms with Crippen molar-refractivity contribution in [3.05, 3.63) is 42.1 Å². The number of carbonyl (C=O) groups is 3. The molecule has 0 bridgehead atoms. The van der Waals surface area contributed by atoms with Crippen LogP contribution in [0.2, 0.25) is 0 Å². The summed E-state index contributed by atoms with van der Waals surface area (Å²) in [5, 5.41) is 15.4. The topological polar surface area (TPSA) is 140 Å². The lowest BCUT2D eigenvalue weighted by atomic mass is 9.74. The number of aromatic nitrogens is 1. The Bertz CT molecular complexity index is 1540. The largest absolute Gasteiger partial charge is 0.463 e. The van der Waals surface area contributed by atoms with E-state index in [0.29, 0.717) is 32.4 Å². The monoisotopic (exact) mass is 740 g/mol. The zero-order valence-electron chi connectivity index (χ0n) is 33.6. The Morgan fingerprint density at radius 2 is 1.87 bits per heavy atom. The van der Waals surface area contributed by atoms with Crippen LogP contribution < -0.4 is 5.32 Å². The number of esters is 1. The summed E-state index contributed by atoms with van der Waals surface area (Å²) < 4.78 is 25.1. The van der Waals surface area contributed by atoms with Crippen molar-refractivity contribution < 1.29 is 38.4 Å². The number of carbonyl (C=O) groups excluding carboxylic acids is 3. The Morgan fingerprint density at radius 1 is 1.15 bits per heavy atom. The van der Waals surface area contributed by atoms with Crippen LogP contribution in [-0.4, -0.2) is 121 Å². The van der Waals surface area contributed by atoms with E-state index in [2.05, 4.69) is 29.0 Å². The Kier molecular flexibility index (Phi) is 15.0. The van der Waals surface area contributed by atoms with Crippen molar-refractivity contribution in [1.29, 1.82) is 0 Å². The third-order valence-electron chi connectivity index (χ3n) is 11.2. The van der Waals surface area contributed by atoms with E-state index in [1.165, 1.54) is 0 Å². The summed E-state index contributed by atoms with van der Waals surface area (Å²) in [5.74, 6) is -1.86. The van der Waals surface area contributed by atoms with Crippen LogP contribution in [0.1, 0.15) is 86.1 Å². The molecule has 0 radical (unpaired) electrons. The number of cyclic esters (lactones) is 1. The lowest BCUT2D eigenvalue weighted by Gasteiger charge is -2.47. The van der Waals surface area contributed by atoms with Gasteiger partial charge in [-0.2, -0.15) is 0 Å². The lowest BCUT2D eigenvalue weighted by molar-refractivity contribution is -0.295. The van der Waals surface area contributed by atoms with Gasteiger partial charge in [-0.05, 0) is 97.6 Å². The number of nitrogens with zero attached hydrogens (tertiary/aromatic N) is 3. The average Bonchev–Trinajstić information content (AvgIpc) is 3.12. The second kappa shape index (κ2) is 18.6. The summed E-state index contributed by atoms with van der Waals surface area (Å²) in [6.07, 6.45) is 1.45. The van der Waals surface area contributed by atoms with Crippen LogP contribution in [-0.2, 0) is 39.9 Å². The molecule has 12 heteroatoms. The summed E-state index contributed by atoms with van der Waals surface area (Å²) in [4.78, 5) is 50.1. The molecule has 4 rings (SSSR count). The number of methoxy groups -OCH3 is 1. The molecule has 12 nitrogen and oxygen atoms in total. The third kappa shape index (κ3) is 10.6. The van der Waals surface area contributed by atoms with E-state index in [0.717, 1.165) is 29.4 Å². The Labute approximate surface area is 316 Å². The maximum absolute atomic E-state index is 14.3. The lowest BCUT2D eigenvalue weighted by Crippen LogP contribution is -2.59. The maximum atomic E-state index is 14.3. The molecular formula is C41H64N4O8. The van der Waals surface area contributed by atoms with E-state index in [1.54, 1.807) is 34.1 Å². The summed E-state index contributed by atoms with van der Waals surface area (Å²) >= 11 is 0. The molecule has 1 aromatic heterocycles. The number of ether oxygens (including phenoxy) is 4. The summed E-state index contributed by atoms with van der Waals surface area (Å²) in [6.45, 7) is 14.8. The SMILES string of the molecule is CCCN1C[C@H](C)C[C@@](C)(OC)[C@H](O[C@@H]2O[C@H](C)C[C@H](N(C)C)[C@H]2O)[C@@H](C)C(=O)C(C)(C)C(=O)OC[C@H]1CCC(=O)NCc1cnc2ccccc2c1. The molecular weight excluding hydrogens is 676 g/mol. The van der Waals surface area contributed by atoms with E-state index in [9.17, 15) is 19.5 Å². The van der Waals surface area contributed by atoms with Gasteiger partial charge in [0.1, 0.15) is 18.1 Å². The first-order valence-corrected chi connectivity index (χ1v) is 19.3. The van der Waals surface area contributed by atoms with Crippen molar-refractivity contribution in [2.45, 2.75) is 129 Å². The van der Waals surface area contributed by atoms with Gasteiger partial charge in [-0.15, -0.1) is 0 Å². The van der Waals surface area contributed by atoms with Gasteiger partial charge in [0.05, 0.1) is 23.3 Å². The Morgan fingerprint density at radius 3 is 2.55 bits per heavy atom. The smallest absolute Gasteiger partial charge is 0.319 e. The predicted molar refractivity (Wildman–Crippen MR) is 204 cm³/mol. The van der Waals surface area contributed by atoms with E-state index in [-0.39, 0.29) is 48.8 Å². The fraction of sp³-hybridized carbons (Fsp3) is 0.707. The van der Waals surface area contributed by atoms with Crippen molar-refractivity contribution in [2.75, 3.05) is 40.9 Å². The van der Waals surface area contributed by atoms with Crippen molar-refractivity contribution in [1.82, 2.24) is 20.1 Å². The molecule has 0 aliphatic carbocycles. The number of amides is 1. The number of likely N-dealkylation sites (N-methyl/N-ethyl adjacent to an activating group) is 1. The molecule has 0 saturated carbocycles. The highest BCUT2D eigenvalue weighted by molar-refractivity contribution is 6.04. The molecule has 1 amide bonds. The van der Waals surface area contributed by atoms with Gasteiger partial charge in [-0.25, -0.2) is 0 Å². The van der Waals surface area contributed by atoms with Crippen LogP contribution in [0.5, 0.6) is 0 Å². The Hall–Kier alpha value is -3.00. The number of nitrogens with one attached hydrogen (secondary N) is 1. The van der Waals surface area contributed by atoms with Crippen molar-refractivity contribution >= 4 is 28.6 Å². The zero-order chi connectivity index (χ0) is 39.1. The quantitative estimate of drug-likeness (QED) is 0.244. The molecule has 53 heavy (non-hydrogen) atoms. The average molecular weight is 741 g/mol. The minimum absolute atomic E-state index is 0.0475. The van der Waals surface area contributed by atoms with Gasteiger partial charge in [-0.3, -0.25) is 24.3 Å². The number of aliphatic hydroxyl groups excluding tert-OH is 1. The van der Waals surface area contributed by atoms with E-state index in [1.807, 2.05) is 63.2 Å². The molecule has 2 aliphatic rings. The molecule has 1 aromatic carbocycles. The fourth-order valence-corrected chi connectivity index (χ4v) is 8.10. The van der Waals surface area contributed by atoms with E-state index >= 15 is 0 Å². The molecule has 3 heterocycles. The van der Waals surface area contributed by atoms with Crippen LogP contribution in [0.25, 0.3) is 10.9 Å². The zero-order valence-corrected chi connectivity index (χ0v) is 33.6. The number of ketones is 1. The first kappa shape index (κ1) is 42.7. The van der Waals surface area contributed by atoms with Crippen LogP contribution in [0.4, 0.5) is 0 Å². The highest BCUT2D eigenvalue weighted by atomic mass is 16.7. The highest BCUT2D eigenvalue weighted by Gasteiger charge is 2.51. The highest BCUT2D eigenvalue weighted by Crippen LogP contribution is 2.38. The van der Waals surface area contributed by atoms with Crippen molar-refractivity contribution in [3.63, 3.8) is 0 Å². The molecule has 2 aliphatic heterocycles. The first-order valence-electron chi connectivity index (χ1n) is 19.3. The van der Waals surface area contributed by atoms with Crippen LogP contribution in [0, 0.1) is 17.3 Å². The van der Waals surface area contributed by atoms with Gasteiger partial charge in [0, 0.05) is 56.2 Å². The minimum atomic E-state index is -1.51. The predicted octanol–water partition coefficient (Wildman–Crippen LogP) is 4.74. The maximum Gasteiger partial charge on any atom is 0.319 e. The molecule has 296 valence electrons. The number of Topliss-reactive ketones (excluding diaryl/α,β-unsaturated/α-hetero) is 1. The summed E-state index contributed by atoms with van der Waals surface area (Å²) in [5.41, 5.74) is -0.689. The van der Waals surface area contributed by atoms with Gasteiger partial charge in [0.2, 0.25) is 5.91 Å². The van der Waals surface area contributed by atoms with Crippen molar-refractivity contribution in [2.24, 2.45) is 17.3 Å². The van der Waals surface area contributed by atoms with Gasteiger partial charge in [0.25, 0.3) is 0 Å². The molecule has 0 spiro atoms. The second-order valence-corrected chi connectivity index (χ2v) is 16.3. The van der Waals surface area contributed by atoms with Gasteiger partial charge >= 0.3 is 5.97 Å². The van der Waals surface area contributed by atoms with E-state index in [4.69, 9.17) is 18.9 Å². The van der Waals surface area contributed by atoms with Gasteiger partial charge in [0.15, 0.2) is 12.1 Å². The first-order chi connectivity index (χ1) is 25.0. The molecule has 2 fully saturated rings. The summed E-state index contributed by atoms with van der Waals surface area (Å²) in [7, 11) is 5.43. The van der Waals surface area contributed by atoms with Gasteiger partial charge in [-0.1, -0.05) is 39.0 Å². The molecule has 2 aromatic rings. The number of para-hydroxylation sites is 1. The number of pyridine rings is 1. The van der Waals surface area contributed by atoms with Crippen LogP contribution >= 0.6 is 0 Å². The molecule has 2 N–H and O–H groups in total. The molecule has 9 atom stereocenters. The number of hydrogen-bond donors (Lipinski definition) is 2. The number of rotatable bonds is 11. The molecule has 2 saturated heterocycles. The minimum Gasteiger partial charge on any atom is -0.463 e. The number of fused-ring (bicyclic) bond motifs is 1. The second-order valence-electron chi connectivity index (χ2n) is 16.3. The van der Waals surface area contributed by atoms with E-state index < -0.39 is 41.4 Å². The number of benzene rings is 1. The van der Waals surface area contributed by atoms with Crippen molar-refractivity contribution in [3.8, 4) is 0 Å². The standard InChI is InChI=1S/C41H64N4O8/c1-11-18-45-24-26(2)21-41(7,50-10)37(53-38-35(47)33(44(8)9)19-27(3)52-38)28(4)36(48)40(5,6)39(49)51-25-31(45)16-17-34(46)43-23-29-20-30-14-12-13-15-32(30)42-22-29/h12-15,20,22,26-28,31,33,35,37-38,47H,11,16-19,21,23-25H2,1-10H3,(H,43,46)/t26-,27-,28+,31-,33+,35-,37-,38+,41-/m1/s1. The fourth-order valence-electron chi connectivity index (χ4n) is 8.10. The Balaban J connectivity index is 1.56. The number of hydrogen-bond acceptors (Lipinski definition) is 11. The molecule has 0 unspecified atom stereocenters. The summed E-state index contributed by atoms with van der Waals surface area (Å²) in [6, 6.07) is 9.43. The van der Waals surface area contributed by atoms with Crippen LogP contribution in [0.15, 0.2) is 36.5 Å². The normalized spacial score (nSPS) is 32.1. The third-order valence-corrected chi connectivity index (χ3v) is 11.2. The van der Waals surface area contributed by atoms with Gasteiger partial charge < -0.3 is 34.3 Å². The number of aliphatic hydroxyl groups is 1. The van der Waals surface area contributed by atoms with Crippen LogP contribution in [0.3, 0.4) is 0 Å².